The largest absolute Gasteiger partial charge is 0.481 e. The maximum absolute atomic E-state index is 12.8. The Morgan fingerprint density at radius 1 is 0.879 bits per heavy atom. The summed E-state index contributed by atoms with van der Waals surface area (Å²) < 4.78 is 0. The molecule has 0 aromatic rings. The highest BCUT2D eigenvalue weighted by Crippen LogP contribution is 2.07. The van der Waals surface area contributed by atoms with Crippen molar-refractivity contribution in [3.05, 3.63) is 0 Å². The average molecular weight is 510 g/mol. The first kappa shape index (κ1) is 31.0. The number of unbranched alkanes of at least 4 members (excludes halogenated alkanes) is 1. The van der Waals surface area contributed by atoms with Crippen LogP contribution in [0.1, 0.15) is 38.5 Å². The smallest absolute Gasteiger partial charge is 0.326 e. The summed E-state index contributed by atoms with van der Waals surface area (Å²) in [5.41, 5.74) is 11.0. The topological polar surface area (TPSA) is 214 Å². The first-order chi connectivity index (χ1) is 15.6. The molecule has 0 aliphatic carbocycles. The van der Waals surface area contributed by atoms with Crippen LogP contribution in [-0.4, -0.2) is 88.3 Å². The van der Waals surface area contributed by atoms with Gasteiger partial charge in [-0.25, -0.2) is 4.79 Å². The number of rotatable bonds is 18. The summed E-state index contributed by atoms with van der Waals surface area (Å²) in [4.78, 5) is 60.2. The van der Waals surface area contributed by atoms with Gasteiger partial charge in [-0.15, -0.1) is 0 Å². The summed E-state index contributed by atoms with van der Waals surface area (Å²) in [7, 11) is 0. The number of carbonyl (C=O) groups excluding carboxylic acids is 3. The Kier molecular flexibility index (Phi) is 16.4. The van der Waals surface area contributed by atoms with Crippen LogP contribution in [0.2, 0.25) is 0 Å². The minimum Gasteiger partial charge on any atom is -0.481 e. The predicted molar refractivity (Wildman–Crippen MR) is 128 cm³/mol. The molecule has 0 bridgehead atoms. The van der Waals surface area contributed by atoms with E-state index in [-0.39, 0.29) is 25.0 Å². The molecule has 4 atom stereocenters. The van der Waals surface area contributed by atoms with Crippen molar-refractivity contribution in [2.24, 2.45) is 11.5 Å². The van der Waals surface area contributed by atoms with Gasteiger partial charge in [-0.2, -0.15) is 24.4 Å². The van der Waals surface area contributed by atoms with E-state index in [0.29, 0.717) is 25.1 Å². The Hall–Kier alpha value is -2.03. The molecule has 190 valence electrons. The van der Waals surface area contributed by atoms with Crippen molar-refractivity contribution in [2.45, 2.75) is 62.7 Å². The Balaban J connectivity index is 5.43. The highest BCUT2D eigenvalue weighted by molar-refractivity contribution is 7.98. The summed E-state index contributed by atoms with van der Waals surface area (Å²) in [6.07, 6.45) is 2.53. The molecule has 9 N–H and O–H groups in total. The van der Waals surface area contributed by atoms with E-state index in [2.05, 4.69) is 28.6 Å². The van der Waals surface area contributed by atoms with Gasteiger partial charge < -0.3 is 37.6 Å². The molecule has 0 spiro atoms. The summed E-state index contributed by atoms with van der Waals surface area (Å²) in [5.74, 6) is -3.99. The van der Waals surface area contributed by atoms with Crippen molar-refractivity contribution in [2.75, 3.05) is 24.3 Å². The SMILES string of the molecule is CSCCC(NC(=O)C(N)CS)C(=O)NC(CCC(=O)O)C(=O)NC(CCCCN)C(=O)O. The van der Waals surface area contributed by atoms with E-state index >= 15 is 0 Å². The summed E-state index contributed by atoms with van der Waals surface area (Å²) >= 11 is 5.39. The minimum absolute atomic E-state index is 0.0626. The monoisotopic (exact) mass is 509 g/mol. The number of hydrogen-bond donors (Lipinski definition) is 8. The standard InChI is InChI=1S/C19H35N5O7S2/c1-33-9-7-13(22-16(27)11(21)10-32)18(29)23-12(5-6-15(25)26)17(28)24-14(19(30)31)4-2-3-8-20/h11-14,32H,2-10,20-21H2,1H3,(H,22,27)(H,23,29)(H,24,28)(H,25,26)(H,30,31). The molecule has 0 aliphatic rings. The molecule has 0 fully saturated rings. The van der Waals surface area contributed by atoms with Crippen LogP contribution >= 0.6 is 24.4 Å². The molecule has 0 saturated carbocycles. The molecule has 12 nitrogen and oxygen atoms in total. The third-order valence-electron chi connectivity index (χ3n) is 4.62. The van der Waals surface area contributed by atoms with E-state index in [1.54, 1.807) is 0 Å². The maximum Gasteiger partial charge on any atom is 0.326 e. The maximum atomic E-state index is 12.8. The summed E-state index contributed by atoms with van der Waals surface area (Å²) in [6, 6.07) is -4.48. The lowest BCUT2D eigenvalue weighted by atomic mass is 10.1. The Morgan fingerprint density at radius 2 is 1.42 bits per heavy atom. The second kappa shape index (κ2) is 17.4. The van der Waals surface area contributed by atoms with E-state index < -0.39 is 60.2 Å². The number of nitrogens with one attached hydrogen (secondary N) is 3. The minimum atomic E-state index is -1.31. The lowest BCUT2D eigenvalue weighted by molar-refractivity contribution is -0.143. The summed E-state index contributed by atoms with van der Waals surface area (Å²) in [5, 5.41) is 25.7. The fraction of sp³-hybridized carbons (Fsp3) is 0.737. The number of carboxylic acid groups (broad SMARTS) is 2. The molecular formula is C19H35N5O7S2. The van der Waals surface area contributed by atoms with Crippen LogP contribution in [0.3, 0.4) is 0 Å². The normalized spacial score (nSPS) is 14.4. The van der Waals surface area contributed by atoms with Crippen LogP contribution in [0.5, 0.6) is 0 Å². The number of hydrogen-bond acceptors (Lipinski definition) is 9. The van der Waals surface area contributed by atoms with E-state index in [1.165, 1.54) is 11.8 Å². The Labute approximate surface area is 202 Å². The van der Waals surface area contributed by atoms with Gasteiger partial charge in [0.1, 0.15) is 18.1 Å². The van der Waals surface area contributed by atoms with E-state index in [0.717, 1.165) is 0 Å². The quantitative estimate of drug-likeness (QED) is 0.0793. The lowest BCUT2D eigenvalue weighted by Gasteiger charge is -2.25. The molecule has 0 heterocycles. The number of thioether (sulfide) groups is 1. The fourth-order valence-electron chi connectivity index (χ4n) is 2.70. The van der Waals surface area contributed by atoms with Crippen LogP contribution in [0, 0.1) is 0 Å². The second-order valence-electron chi connectivity index (χ2n) is 7.31. The molecule has 0 aliphatic heterocycles. The van der Waals surface area contributed by atoms with Crippen molar-refractivity contribution < 1.29 is 34.2 Å². The highest BCUT2D eigenvalue weighted by Gasteiger charge is 2.30. The second-order valence-corrected chi connectivity index (χ2v) is 8.66. The third kappa shape index (κ3) is 13.3. The van der Waals surface area contributed by atoms with Crippen molar-refractivity contribution in [1.29, 1.82) is 0 Å². The number of nitrogens with two attached hydrogens (primary N) is 2. The van der Waals surface area contributed by atoms with Gasteiger partial charge >= 0.3 is 11.9 Å². The number of aliphatic carboxylic acids is 2. The van der Waals surface area contributed by atoms with Crippen molar-refractivity contribution in [1.82, 2.24) is 16.0 Å². The number of thiol groups is 1. The Bertz CT molecular complexity index is 668. The van der Waals surface area contributed by atoms with Gasteiger partial charge in [-0.05, 0) is 50.7 Å². The van der Waals surface area contributed by atoms with Crippen LogP contribution in [0.15, 0.2) is 0 Å². The van der Waals surface area contributed by atoms with Crippen LogP contribution < -0.4 is 27.4 Å². The highest BCUT2D eigenvalue weighted by atomic mass is 32.2. The molecule has 4 unspecified atom stereocenters. The molecule has 14 heteroatoms. The third-order valence-corrected chi connectivity index (χ3v) is 5.66. The van der Waals surface area contributed by atoms with Crippen molar-refractivity contribution in [3.63, 3.8) is 0 Å². The zero-order valence-electron chi connectivity index (χ0n) is 18.6. The summed E-state index contributed by atoms with van der Waals surface area (Å²) in [6.45, 7) is 0.373. The molecule has 0 saturated heterocycles. The first-order valence-corrected chi connectivity index (χ1v) is 12.5. The molecule has 0 radical (unpaired) electrons. The molecule has 0 aromatic heterocycles. The predicted octanol–water partition coefficient (Wildman–Crippen LogP) is -1.47. The van der Waals surface area contributed by atoms with Gasteiger partial charge in [0.05, 0.1) is 6.04 Å². The van der Waals surface area contributed by atoms with E-state index in [4.69, 9.17) is 16.6 Å². The van der Waals surface area contributed by atoms with E-state index in [9.17, 15) is 29.1 Å². The van der Waals surface area contributed by atoms with Crippen molar-refractivity contribution in [3.8, 4) is 0 Å². The average Bonchev–Trinajstić information content (AvgIpc) is 2.77. The molecule has 3 amide bonds. The molecule has 0 aromatic carbocycles. The van der Waals surface area contributed by atoms with Gasteiger partial charge in [-0.1, -0.05) is 0 Å². The molecular weight excluding hydrogens is 474 g/mol. The Morgan fingerprint density at radius 3 is 1.91 bits per heavy atom. The van der Waals surface area contributed by atoms with Gasteiger partial charge in [0, 0.05) is 12.2 Å². The zero-order valence-corrected chi connectivity index (χ0v) is 20.3. The molecule has 33 heavy (non-hydrogen) atoms. The van der Waals surface area contributed by atoms with Gasteiger partial charge in [0.25, 0.3) is 0 Å². The number of carbonyl (C=O) groups is 5. The fourth-order valence-corrected chi connectivity index (χ4v) is 3.33. The number of carboxylic acids is 2. The zero-order chi connectivity index (χ0) is 25.4. The van der Waals surface area contributed by atoms with Crippen LogP contribution in [0.4, 0.5) is 0 Å². The van der Waals surface area contributed by atoms with Gasteiger partial charge in [-0.3, -0.25) is 19.2 Å². The lowest BCUT2D eigenvalue weighted by Crippen LogP contribution is -2.57. The van der Waals surface area contributed by atoms with E-state index in [1.807, 2.05) is 6.26 Å². The number of amides is 3. The van der Waals surface area contributed by atoms with Crippen LogP contribution in [0.25, 0.3) is 0 Å². The van der Waals surface area contributed by atoms with Crippen LogP contribution in [-0.2, 0) is 24.0 Å². The molecule has 0 rings (SSSR count). The van der Waals surface area contributed by atoms with Gasteiger partial charge in [0.2, 0.25) is 17.7 Å². The first-order valence-electron chi connectivity index (χ1n) is 10.5. The van der Waals surface area contributed by atoms with Gasteiger partial charge in [0.15, 0.2) is 0 Å². The van der Waals surface area contributed by atoms with Crippen molar-refractivity contribution >= 4 is 54.1 Å².